The van der Waals surface area contributed by atoms with Crippen molar-refractivity contribution < 1.29 is 14.3 Å². The van der Waals surface area contributed by atoms with E-state index in [-0.39, 0.29) is 30.1 Å². The smallest absolute Gasteiger partial charge is 0.170 e. The number of benzene rings is 1. The van der Waals surface area contributed by atoms with E-state index in [1.807, 2.05) is 6.08 Å². The average molecular weight is 438 g/mol. The normalized spacial score (nSPS) is 21.1. The molecule has 0 spiro atoms. The third-order valence-electron chi connectivity index (χ3n) is 6.59. The lowest BCUT2D eigenvalue weighted by molar-refractivity contribution is 0.0993. The van der Waals surface area contributed by atoms with Crippen LogP contribution in [0, 0.1) is 5.82 Å². The van der Waals surface area contributed by atoms with Crippen LogP contribution in [0.3, 0.4) is 0 Å². The number of rotatable bonds is 8. The minimum atomic E-state index is -0.493. The molecule has 2 aliphatic rings. The third kappa shape index (κ3) is 5.08. The summed E-state index contributed by atoms with van der Waals surface area (Å²) < 4.78 is 13.3. The number of ketones is 1. The summed E-state index contributed by atoms with van der Waals surface area (Å²) in [6.07, 6.45) is 9.40. The first kappa shape index (κ1) is 22.6. The van der Waals surface area contributed by atoms with Crippen LogP contribution in [-0.2, 0) is 12.8 Å². The van der Waals surface area contributed by atoms with E-state index < -0.39 is 6.10 Å². The Kier molecular flexibility index (Phi) is 7.01. The molecule has 0 aliphatic heterocycles. The van der Waals surface area contributed by atoms with Gasteiger partial charge in [-0.2, -0.15) is 0 Å². The molecule has 1 aromatic heterocycles. The highest BCUT2D eigenvalue weighted by molar-refractivity contribution is 6.04. The van der Waals surface area contributed by atoms with Gasteiger partial charge < -0.3 is 16.2 Å². The molecule has 0 amide bonds. The Bertz CT molecular complexity index is 995. The van der Waals surface area contributed by atoms with Crippen LogP contribution < -0.4 is 11.1 Å². The summed E-state index contributed by atoms with van der Waals surface area (Å²) in [4.78, 5) is 17.9. The standard InChI is InChI=1S/C26H32FN3O2/c1-2-3-24(31)17-13-21-23(14-17)29-15-22(25(32)12-16-4-6-18(27)7-5-16)26(21)30-20-10-8-19(28)9-11-20/h4-7,13,15,19-20,24,31H,2-3,8-12,14,28H2,1H3,(H,29,30). The van der Waals surface area contributed by atoms with Crippen molar-refractivity contribution in [2.24, 2.45) is 5.73 Å². The maximum Gasteiger partial charge on any atom is 0.170 e. The zero-order valence-corrected chi connectivity index (χ0v) is 18.6. The highest BCUT2D eigenvalue weighted by atomic mass is 19.1. The molecule has 6 heteroatoms. The number of pyridine rings is 1. The van der Waals surface area contributed by atoms with Crippen LogP contribution >= 0.6 is 0 Å². The third-order valence-corrected chi connectivity index (χ3v) is 6.59. The van der Waals surface area contributed by atoms with Crippen molar-refractivity contribution in [2.75, 3.05) is 5.32 Å². The molecule has 1 unspecified atom stereocenters. The lowest BCUT2D eigenvalue weighted by Crippen LogP contribution is -2.33. The molecule has 0 radical (unpaired) electrons. The van der Waals surface area contributed by atoms with Gasteiger partial charge in [0.15, 0.2) is 5.78 Å². The van der Waals surface area contributed by atoms with Gasteiger partial charge in [-0.1, -0.05) is 25.5 Å². The van der Waals surface area contributed by atoms with Crippen molar-refractivity contribution in [2.45, 2.75) is 76.5 Å². The Labute approximate surface area is 188 Å². The van der Waals surface area contributed by atoms with Crippen molar-refractivity contribution in [1.82, 2.24) is 4.98 Å². The van der Waals surface area contributed by atoms with E-state index in [0.29, 0.717) is 18.4 Å². The number of aliphatic hydroxyl groups is 1. The minimum absolute atomic E-state index is 0.0575. The molecule has 4 N–H and O–H groups in total. The van der Waals surface area contributed by atoms with E-state index in [0.717, 1.165) is 60.2 Å². The second-order valence-electron chi connectivity index (χ2n) is 9.09. The Morgan fingerprint density at radius 2 is 1.97 bits per heavy atom. The second-order valence-corrected chi connectivity index (χ2v) is 9.09. The summed E-state index contributed by atoms with van der Waals surface area (Å²) in [6.45, 7) is 2.05. The summed E-state index contributed by atoms with van der Waals surface area (Å²) in [5.74, 6) is -0.376. The molecule has 4 rings (SSSR count). The van der Waals surface area contributed by atoms with Gasteiger partial charge in [0.2, 0.25) is 0 Å². The average Bonchev–Trinajstić information content (AvgIpc) is 3.22. The molecule has 0 saturated heterocycles. The summed E-state index contributed by atoms with van der Waals surface area (Å²) >= 11 is 0. The number of nitrogens with zero attached hydrogens (tertiary/aromatic N) is 1. The number of carbonyl (C=O) groups is 1. The molecule has 170 valence electrons. The van der Waals surface area contributed by atoms with E-state index in [2.05, 4.69) is 17.2 Å². The molecule has 5 nitrogen and oxygen atoms in total. The lowest BCUT2D eigenvalue weighted by Gasteiger charge is -2.29. The van der Waals surface area contributed by atoms with Gasteiger partial charge in [0.25, 0.3) is 0 Å². The molecule has 1 aromatic carbocycles. The number of aliphatic hydroxyl groups excluding tert-OH is 1. The van der Waals surface area contributed by atoms with Crippen molar-refractivity contribution in [3.63, 3.8) is 0 Å². The lowest BCUT2D eigenvalue weighted by atomic mass is 9.91. The molecule has 1 atom stereocenters. The predicted octanol–water partition coefficient (Wildman–Crippen LogP) is 4.43. The Balaban J connectivity index is 1.65. The number of fused-ring (bicyclic) bond motifs is 1. The fraction of sp³-hybridized carbons (Fsp3) is 0.462. The van der Waals surface area contributed by atoms with Crippen LogP contribution in [0.2, 0.25) is 0 Å². The highest BCUT2D eigenvalue weighted by Gasteiger charge is 2.28. The number of nitrogens with one attached hydrogen (secondary N) is 1. The number of halogens is 1. The highest BCUT2D eigenvalue weighted by Crippen LogP contribution is 2.36. The number of aromatic nitrogens is 1. The first-order valence-electron chi connectivity index (χ1n) is 11.6. The van der Waals surface area contributed by atoms with Crippen molar-refractivity contribution in [1.29, 1.82) is 0 Å². The number of anilines is 1. The number of Topliss-reactive ketones (excluding diaryl/α,β-unsaturated/α-hetero) is 1. The number of carbonyl (C=O) groups excluding carboxylic acids is 1. The van der Waals surface area contributed by atoms with Gasteiger partial charge in [-0.05, 0) is 61.4 Å². The molecule has 2 aliphatic carbocycles. The molecular formula is C26H32FN3O2. The van der Waals surface area contributed by atoms with Gasteiger partial charge in [0.05, 0.1) is 23.0 Å². The molecule has 0 bridgehead atoms. The minimum Gasteiger partial charge on any atom is -0.389 e. The summed E-state index contributed by atoms with van der Waals surface area (Å²) in [5.41, 5.74) is 11.0. The van der Waals surface area contributed by atoms with Crippen LogP contribution in [0.1, 0.15) is 72.6 Å². The van der Waals surface area contributed by atoms with Gasteiger partial charge in [0, 0.05) is 36.7 Å². The molecule has 1 fully saturated rings. The van der Waals surface area contributed by atoms with Gasteiger partial charge in [-0.15, -0.1) is 0 Å². The first-order chi connectivity index (χ1) is 15.4. The van der Waals surface area contributed by atoms with Crippen molar-refractivity contribution in [3.8, 4) is 0 Å². The topological polar surface area (TPSA) is 88.2 Å². The van der Waals surface area contributed by atoms with E-state index in [1.165, 1.54) is 12.1 Å². The van der Waals surface area contributed by atoms with Gasteiger partial charge in [-0.3, -0.25) is 9.78 Å². The van der Waals surface area contributed by atoms with Crippen LogP contribution in [0.25, 0.3) is 6.08 Å². The van der Waals surface area contributed by atoms with Gasteiger partial charge in [0.1, 0.15) is 5.82 Å². The van der Waals surface area contributed by atoms with E-state index in [9.17, 15) is 14.3 Å². The largest absolute Gasteiger partial charge is 0.389 e. The molecule has 1 heterocycles. The number of hydrogen-bond donors (Lipinski definition) is 3. The molecule has 32 heavy (non-hydrogen) atoms. The molecular weight excluding hydrogens is 405 g/mol. The van der Waals surface area contributed by atoms with Crippen molar-refractivity contribution in [3.05, 3.63) is 64.2 Å². The summed E-state index contributed by atoms with van der Waals surface area (Å²) in [5, 5.41) is 14.2. The zero-order valence-electron chi connectivity index (χ0n) is 18.6. The fourth-order valence-corrected chi connectivity index (χ4v) is 4.68. The Morgan fingerprint density at radius 3 is 2.66 bits per heavy atom. The predicted molar refractivity (Wildman–Crippen MR) is 125 cm³/mol. The quantitative estimate of drug-likeness (QED) is 0.532. The maximum absolute atomic E-state index is 13.3. The summed E-state index contributed by atoms with van der Waals surface area (Å²) in [7, 11) is 0. The first-order valence-corrected chi connectivity index (χ1v) is 11.6. The second kappa shape index (κ2) is 9.92. The van der Waals surface area contributed by atoms with E-state index in [4.69, 9.17) is 5.73 Å². The maximum atomic E-state index is 13.3. The van der Waals surface area contributed by atoms with Gasteiger partial charge >= 0.3 is 0 Å². The number of nitrogens with two attached hydrogens (primary N) is 1. The Morgan fingerprint density at radius 1 is 1.25 bits per heavy atom. The fourth-order valence-electron chi connectivity index (χ4n) is 4.68. The van der Waals surface area contributed by atoms with E-state index in [1.54, 1.807) is 18.3 Å². The Hall–Kier alpha value is -2.57. The molecule has 1 saturated carbocycles. The van der Waals surface area contributed by atoms with Gasteiger partial charge in [-0.25, -0.2) is 4.39 Å². The van der Waals surface area contributed by atoms with Crippen molar-refractivity contribution >= 4 is 17.5 Å². The monoisotopic (exact) mass is 437 g/mol. The van der Waals surface area contributed by atoms with E-state index >= 15 is 0 Å². The van der Waals surface area contributed by atoms with Crippen LogP contribution in [0.5, 0.6) is 0 Å². The van der Waals surface area contributed by atoms with Crippen LogP contribution in [-0.4, -0.2) is 34.1 Å². The van der Waals surface area contributed by atoms with Crippen LogP contribution in [0.4, 0.5) is 10.1 Å². The number of hydrogen-bond acceptors (Lipinski definition) is 5. The van der Waals surface area contributed by atoms with Crippen LogP contribution in [0.15, 0.2) is 36.0 Å². The zero-order chi connectivity index (χ0) is 22.7. The molecule has 2 aromatic rings. The summed E-state index contributed by atoms with van der Waals surface area (Å²) in [6, 6.07) is 6.52. The SMILES string of the molecule is CCCC(O)C1=Cc2c(ncc(C(=O)Cc3ccc(F)cc3)c2NC2CCC(N)CC2)C1.